The number of ketones is 1. The highest BCUT2D eigenvalue weighted by Crippen LogP contribution is 2.25. The number of benzene rings is 2. The zero-order chi connectivity index (χ0) is 15.1. The fraction of sp³-hybridized carbons (Fsp3) is 0.278. The topological polar surface area (TPSA) is 46.5 Å². The summed E-state index contributed by atoms with van der Waals surface area (Å²) in [6.07, 6.45) is 0.769. The predicted octanol–water partition coefficient (Wildman–Crippen LogP) is 3.43. The van der Waals surface area contributed by atoms with E-state index >= 15 is 0 Å². The molecular formula is C18H20O3. The summed E-state index contributed by atoms with van der Waals surface area (Å²) in [5.41, 5.74) is 1.73. The van der Waals surface area contributed by atoms with Gasteiger partial charge in [-0.3, -0.25) is 4.79 Å². The van der Waals surface area contributed by atoms with Crippen LogP contribution in [0.3, 0.4) is 0 Å². The third-order valence-electron chi connectivity index (χ3n) is 3.43. The molecule has 1 unspecified atom stereocenters. The van der Waals surface area contributed by atoms with Gasteiger partial charge in [0.15, 0.2) is 5.78 Å². The van der Waals surface area contributed by atoms with E-state index in [0.29, 0.717) is 11.3 Å². The number of carbonyl (C=O) groups is 1. The van der Waals surface area contributed by atoms with Crippen molar-refractivity contribution in [1.82, 2.24) is 0 Å². The Kier molecular flexibility index (Phi) is 5.52. The first-order chi connectivity index (χ1) is 10.3. The summed E-state index contributed by atoms with van der Waals surface area (Å²) in [5.74, 6) is 0.668. The van der Waals surface area contributed by atoms with Gasteiger partial charge in [0.1, 0.15) is 12.4 Å². The van der Waals surface area contributed by atoms with Crippen LogP contribution in [-0.2, 0) is 0 Å². The van der Waals surface area contributed by atoms with E-state index in [1.54, 1.807) is 24.3 Å². The van der Waals surface area contributed by atoms with Gasteiger partial charge in [0, 0.05) is 11.5 Å². The minimum atomic E-state index is -0.115. The highest BCUT2D eigenvalue weighted by Gasteiger charge is 2.19. The van der Waals surface area contributed by atoms with Crippen LogP contribution < -0.4 is 4.74 Å². The number of aliphatic hydroxyl groups excluding tert-OH is 1. The minimum absolute atomic E-state index is 0.0212. The number of aliphatic hydroxyl groups is 1. The van der Waals surface area contributed by atoms with E-state index in [9.17, 15) is 4.79 Å². The Hall–Kier alpha value is -2.13. The van der Waals surface area contributed by atoms with E-state index in [1.165, 1.54) is 0 Å². The van der Waals surface area contributed by atoms with Crippen LogP contribution in [-0.4, -0.2) is 24.1 Å². The summed E-state index contributed by atoms with van der Waals surface area (Å²) in [6.45, 7) is 2.26. The molecule has 0 spiro atoms. The Morgan fingerprint density at radius 2 is 1.76 bits per heavy atom. The molecular weight excluding hydrogens is 264 g/mol. The zero-order valence-electron chi connectivity index (χ0n) is 12.2. The molecule has 21 heavy (non-hydrogen) atoms. The molecule has 0 bridgehead atoms. The molecule has 1 atom stereocenters. The maximum Gasteiger partial charge on any atom is 0.170 e. The summed E-state index contributed by atoms with van der Waals surface area (Å²) < 4.78 is 5.30. The average Bonchev–Trinajstić information content (AvgIpc) is 2.55. The lowest BCUT2D eigenvalue weighted by atomic mass is 9.89. The fourth-order valence-corrected chi connectivity index (χ4v) is 2.34. The van der Waals surface area contributed by atoms with Gasteiger partial charge in [-0.15, -0.1) is 0 Å². The summed E-state index contributed by atoms with van der Waals surface area (Å²) in [5, 5.41) is 8.72. The van der Waals surface area contributed by atoms with Crippen molar-refractivity contribution in [1.29, 1.82) is 0 Å². The Balaban J connectivity index is 2.14. The maximum atomic E-state index is 12.6. The van der Waals surface area contributed by atoms with Gasteiger partial charge in [-0.2, -0.15) is 0 Å². The quantitative estimate of drug-likeness (QED) is 0.792. The van der Waals surface area contributed by atoms with Gasteiger partial charge in [-0.25, -0.2) is 0 Å². The SMILES string of the molecule is CCC(C(=O)c1ccc(OCCO)cc1)c1ccccc1. The van der Waals surface area contributed by atoms with Crippen molar-refractivity contribution in [3.05, 3.63) is 65.7 Å². The van der Waals surface area contributed by atoms with E-state index in [4.69, 9.17) is 9.84 Å². The fourth-order valence-electron chi connectivity index (χ4n) is 2.34. The first kappa shape index (κ1) is 15.3. The van der Waals surface area contributed by atoms with Crippen molar-refractivity contribution in [3.63, 3.8) is 0 Å². The maximum absolute atomic E-state index is 12.6. The third-order valence-corrected chi connectivity index (χ3v) is 3.43. The average molecular weight is 284 g/mol. The first-order valence-electron chi connectivity index (χ1n) is 7.19. The molecule has 0 aliphatic rings. The van der Waals surface area contributed by atoms with Crippen molar-refractivity contribution in [2.24, 2.45) is 0 Å². The molecule has 3 nitrogen and oxygen atoms in total. The Labute approximate surface area is 125 Å². The molecule has 1 N–H and O–H groups in total. The highest BCUT2D eigenvalue weighted by atomic mass is 16.5. The monoisotopic (exact) mass is 284 g/mol. The lowest BCUT2D eigenvalue weighted by molar-refractivity contribution is 0.0957. The van der Waals surface area contributed by atoms with E-state index in [1.807, 2.05) is 37.3 Å². The second kappa shape index (κ2) is 7.60. The summed E-state index contributed by atoms with van der Waals surface area (Å²) in [6, 6.07) is 16.9. The Bertz CT molecular complexity index is 561. The molecule has 0 fully saturated rings. The molecule has 0 aromatic heterocycles. The van der Waals surface area contributed by atoms with Gasteiger partial charge in [-0.1, -0.05) is 37.3 Å². The molecule has 0 aliphatic heterocycles. The van der Waals surface area contributed by atoms with E-state index in [0.717, 1.165) is 12.0 Å². The molecule has 0 saturated heterocycles. The number of hydrogen-bond donors (Lipinski definition) is 1. The number of hydrogen-bond acceptors (Lipinski definition) is 3. The van der Waals surface area contributed by atoms with E-state index < -0.39 is 0 Å². The van der Waals surface area contributed by atoms with Gasteiger partial charge in [-0.05, 0) is 36.2 Å². The lowest BCUT2D eigenvalue weighted by Gasteiger charge is -2.14. The normalized spacial score (nSPS) is 11.9. The van der Waals surface area contributed by atoms with Crippen molar-refractivity contribution in [2.45, 2.75) is 19.3 Å². The Morgan fingerprint density at radius 3 is 2.33 bits per heavy atom. The van der Waals surface area contributed by atoms with Crippen LogP contribution in [0.1, 0.15) is 35.2 Å². The molecule has 3 heteroatoms. The van der Waals surface area contributed by atoms with Crippen molar-refractivity contribution < 1.29 is 14.6 Å². The third kappa shape index (κ3) is 3.92. The molecule has 2 aromatic rings. The van der Waals surface area contributed by atoms with Crippen LogP contribution in [0.5, 0.6) is 5.75 Å². The van der Waals surface area contributed by atoms with Crippen molar-refractivity contribution in [2.75, 3.05) is 13.2 Å². The Morgan fingerprint density at radius 1 is 1.10 bits per heavy atom. The van der Waals surface area contributed by atoms with Crippen LogP contribution in [0.15, 0.2) is 54.6 Å². The summed E-state index contributed by atoms with van der Waals surface area (Å²) in [7, 11) is 0. The lowest BCUT2D eigenvalue weighted by Crippen LogP contribution is -2.12. The number of ether oxygens (including phenoxy) is 1. The minimum Gasteiger partial charge on any atom is -0.491 e. The molecule has 0 amide bonds. The molecule has 2 aromatic carbocycles. The van der Waals surface area contributed by atoms with Gasteiger partial charge in [0.2, 0.25) is 0 Å². The van der Waals surface area contributed by atoms with Gasteiger partial charge in [0.25, 0.3) is 0 Å². The van der Waals surface area contributed by atoms with Crippen LogP contribution in [0, 0.1) is 0 Å². The van der Waals surface area contributed by atoms with Crippen LogP contribution in [0.25, 0.3) is 0 Å². The van der Waals surface area contributed by atoms with Gasteiger partial charge >= 0.3 is 0 Å². The van der Waals surface area contributed by atoms with Crippen molar-refractivity contribution in [3.8, 4) is 5.75 Å². The molecule has 0 saturated carbocycles. The van der Waals surface area contributed by atoms with Gasteiger partial charge in [0.05, 0.1) is 6.61 Å². The number of rotatable bonds is 7. The molecule has 0 heterocycles. The smallest absolute Gasteiger partial charge is 0.170 e. The first-order valence-corrected chi connectivity index (χ1v) is 7.19. The highest BCUT2D eigenvalue weighted by molar-refractivity contribution is 6.01. The molecule has 2 rings (SSSR count). The van der Waals surface area contributed by atoms with E-state index in [-0.39, 0.29) is 24.9 Å². The molecule has 0 radical (unpaired) electrons. The van der Waals surface area contributed by atoms with Crippen LogP contribution in [0.2, 0.25) is 0 Å². The van der Waals surface area contributed by atoms with Gasteiger partial charge < -0.3 is 9.84 Å². The van der Waals surface area contributed by atoms with Crippen molar-refractivity contribution >= 4 is 5.78 Å². The number of Topliss-reactive ketones (excluding diaryl/α,β-unsaturated/α-hetero) is 1. The zero-order valence-corrected chi connectivity index (χ0v) is 12.2. The van der Waals surface area contributed by atoms with Crippen LogP contribution in [0.4, 0.5) is 0 Å². The van der Waals surface area contributed by atoms with E-state index in [2.05, 4.69) is 0 Å². The molecule has 0 aliphatic carbocycles. The summed E-state index contributed by atoms with van der Waals surface area (Å²) >= 11 is 0. The second-order valence-electron chi connectivity index (χ2n) is 4.83. The number of carbonyl (C=O) groups excluding carboxylic acids is 1. The molecule has 110 valence electrons. The largest absolute Gasteiger partial charge is 0.491 e. The second-order valence-corrected chi connectivity index (χ2v) is 4.83. The standard InChI is InChI=1S/C18H20O3/c1-2-17(14-6-4-3-5-7-14)18(20)15-8-10-16(11-9-15)21-13-12-19/h3-11,17,19H,2,12-13H2,1H3. The predicted molar refractivity (Wildman–Crippen MR) is 82.8 cm³/mol. The summed E-state index contributed by atoms with van der Waals surface area (Å²) in [4.78, 5) is 12.6. The van der Waals surface area contributed by atoms with Crippen LogP contribution >= 0.6 is 0 Å².